The Labute approximate surface area is 173 Å². The van der Waals surface area contributed by atoms with Gasteiger partial charge in [0.15, 0.2) is 9.84 Å². The van der Waals surface area contributed by atoms with Crippen LogP contribution in [0.4, 0.5) is 4.39 Å². The highest BCUT2D eigenvalue weighted by Crippen LogP contribution is 2.24. The van der Waals surface area contributed by atoms with Crippen LogP contribution in [0.3, 0.4) is 0 Å². The Morgan fingerprint density at radius 2 is 2.04 bits per heavy atom. The van der Waals surface area contributed by atoms with E-state index in [1.54, 1.807) is 18.2 Å². The van der Waals surface area contributed by atoms with E-state index in [1.165, 1.54) is 12.1 Å². The molecule has 152 valence electrons. The standard InChI is InChI=1S/C20H23BrFNO4S/c21-19-6-1-2-7-20(19)27-13-18(24)12-23(17-8-9-28(25,26)14-17)11-15-4-3-5-16(22)10-15/h1-7,10,17-18,24H,8-9,11-14H2. The van der Waals surface area contributed by atoms with Crippen LogP contribution in [-0.4, -0.2) is 55.2 Å². The zero-order valence-electron chi connectivity index (χ0n) is 15.3. The summed E-state index contributed by atoms with van der Waals surface area (Å²) in [6.07, 6.45) is -0.306. The first kappa shape index (κ1) is 21.2. The zero-order valence-corrected chi connectivity index (χ0v) is 17.7. The first-order valence-electron chi connectivity index (χ1n) is 9.07. The molecule has 3 rings (SSSR count). The summed E-state index contributed by atoms with van der Waals surface area (Å²) >= 11 is 3.40. The van der Waals surface area contributed by atoms with Gasteiger partial charge in [-0.3, -0.25) is 4.90 Å². The number of para-hydroxylation sites is 1. The SMILES string of the molecule is O=S1(=O)CCC(N(Cc2cccc(F)c2)CC(O)COc2ccccc2Br)C1. The normalized spacial score (nSPS) is 19.6. The van der Waals surface area contributed by atoms with Gasteiger partial charge in [-0.15, -0.1) is 0 Å². The van der Waals surface area contributed by atoms with Crippen molar-refractivity contribution in [2.45, 2.75) is 25.1 Å². The molecule has 0 amide bonds. The van der Waals surface area contributed by atoms with E-state index in [0.29, 0.717) is 18.7 Å². The highest BCUT2D eigenvalue weighted by molar-refractivity contribution is 9.10. The molecule has 0 aromatic heterocycles. The van der Waals surface area contributed by atoms with Gasteiger partial charge in [0, 0.05) is 19.1 Å². The minimum atomic E-state index is -3.07. The molecule has 0 aliphatic carbocycles. The fourth-order valence-corrected chi connectivity index (χ4v) is 5.51. The Bertz CT molecular complexity index is 909. The van der Waals surface area contributed by atoms with Gasteiger partial charge in [0.1, 0.15) is 24.3 Å². The van der Waals surface area contributed by atoms with Crippen LogP contribution in [0.25, 0.3) is 0 Å². The van der Waals surface area contributed by atoms with Gasteiger partial charge in [-0.05, 0) is 52.2 Å². The molecule has 1 heterocycles. The summed E-state index contributed by atoms with van der Waals surface area (Å²) in [5.74, 6) is 0.483. The largest absolute Gasteiger partial charge is 0.490 e. The lowest BCUT2D eigenvalue weighted by Crippen LogP contribution is -2.42. The Morgan fingerprint density at radius 3 is 2.71 bits per heavy atom. The van der Waals surface area contributed by atoms with Crippen LogP contribution in [0.5, 0.6) is 5.75 Å². The van der Waals surface area contributed by atoms with Crippen LogP contribution < -0.4 is 4.74 Å². The lowest BCUT2D eigenvalue weighted by Gasteiger charge is -2.30. The number of halogens is 2. The number of sulfone groups is 1. The van der Waals surface area contributed by atoms with E-state index in [9.17, 15) is 17.9 Å². The summed E-state index contributed by atoms with van der Waals surface area (Å²) in [4.78, 5) is 1.91. The van der Waals surface area contributed by atoms with Crippen LogP contribution in [0.15, 0.2) is 53.0 Å². The third-order valence-electron chi connectivity index (χ3n) is 4.71. The van der Waals surface area contributed by atoms with Gasteiger partial charge in [0.2, 0.25) is 0 Å². The maximum absolute atomic E-state index is 13.5. The van der Waals surface area contributed by atoms with Crippen molar-refractivity contribution in [3.63, 3.8) is 0 Å². The molecule has 1 fully saturated rings. The minimum absolute atomic E-state index is 0.0557. The van der Waals surface area contributed by atoms with Crippen molar-refractivity contribution < 1.29 is 22.7 Å². The predicted molar refractivity (Wildman–Crippen MR) is 110 cm³/mol. The number of hydrogen-bond acceptors (Lipinski definition) is 5. The van der Waals surface area contributed by atoms with Gasteiger partial charge in [0.05, 0.1) is 16.0 Å². The fourth-order valence-electron chi connectivity index (χ4n) is 3.35. The molecule has 2 aromatic carbocycles. The van der Waals surface area contributed by atoms with Crippen LogP contribution in [-0.2, 0) is 16.4 Å². The number of rotatable bonds is 8. The molecule has 1 N–H and O–H groups in total. The maximum Gasteiger partial charge on any atom is 0.151 e. The summed E-state index contributed by atoms with van der Waals surface area (Å²) in [6.45, 7) is 0.674. The van der Waals surface area contributed by atoms with Gasteiger partial charge in [-0.2, -0.15) is 0 Å². The molecular weight excluding hydrogens is 449 g/mol. The predicted octanol–water partition coefficient (Wildman–Crippen LogP) is 3.02. The molecule has 0 bridgehead atoms. The monoisotopic (exact) mass is 471 g/mol. The van der Waals surface area contributed by atoms with E-state index >= 15 is 0 Å². The molecule has 1 aliphatic rings. The van der Waals surface area contributed by atoms with Gasteiger partial charge in [-0.1, -0.05) is 24.3 Å². The average molecular weight is 472 g/mol. The average Bonchev–Trinajstić information content (AvgIpc) is 3.00. The summed E-state index contributed by atoms with van der Waals surface area (Å²) in [5.41, 5.74) is 0.739. The number of ether oxygens (including phenoxy) is 1. The highest BCUT2D eigenvalue weighted by Gasteiger charge is 2.33. The van der Waals surface area contributed by atoms with Crippen molar-refractivity contribution in [3.8, 4) is 5.75 Å². The third-order valence-corrected chi connectivity index (χ3v) is 7.12. The minimum Gasteiger partial charge on any atom is -0.490 e. The van der Waals surface area contributed by atoms with Crippen molar-refractivity contribution in [2.24, 2.45) is 0 Å². The molecular formula is C20H23BrFNO4S. The number of benzene rings is 2. The molecule has 1 saturated heterocycles. The van der Waals surface area contributed by atoms with E-state index in [0.717, 1.165) is 10.0 Å². The Morgan fingerprint density at radius 1 is 1.25 bits per heavy atom. The van der Waals surface area contributed by atoms with Crippen LogP contribution in [0, 0.1) is 5.82 Å². The van der Waals surface area contributed by atoms with E-state index in [2.05, 4.69) is 15.9 Å². The molecule has 2 aromatic rings. The summed E-state index contributed by atoms with van der Waals surface area (Å²) in [7, 11) is -3.07. The van der Waals surface area contributed by atoms with E-state index in [4.69, 9.17) is 4.74 Å². The first-order chi connectivity index (χ1) is 13.3. The topological polar surface area (TPSA) is 66.8 Å². The van der Waals surface area contributed by atoms with Crippen molar-refractivity contribution in [2.75, 3.05) is 24.7 Å². The summed E-state index contributed by atoms with van der Waals surface area (Å²) in [6, 6.07) is 13.4. The molecule has 0 spiro atoms. The van der Waals surface area contributed by atoms with E-state index in [1.807, 2.05) is 23.1 Å². The molecule has 2 unspecified atom stereocenters. The number of hydrogen-bond donors (Lipinski definition) is 1. The number of aliphatic hydroxyl groups excluding tert-OH is 1. The smallest absolute Gasteiger partial charge is 0.151 e. The Kier molecular flexibility index (Phi) is 7.09. The quantitative estimate of drug-likeness (QED) is 0.640. The maximum atomic E-state index is 13.5. The van der Waals surface area contributed by atoms with Crippen LogP contribution >= 0.6 is 15.9 Å². The molecule has 8 heteroatoms. The molecule has 2 atom stereocenters. The third kappa shape index (κ3) is 6.01. The van der Waals surface area contributed by atoms with Gasteiger partial charge in [-0.25, -0.2) is 12.8 Å². The Balaban J connectivity index is 1.66. The van der Waals surface area contributed by atoms with Crippen LogP contribution in [0.2, 0.25) is 0 Å². The molecule has 1 aliphatic heterocycles. The second kappa shape index (κ2) is 9.35. The lowest BCUT2D eigenvalue weighted by molar-refractivity contribution is 0.0522. The van der Waals surface area contributed by atoms with Crippen molar-refractivity contribution in [1.82, 2.24) is 4.90 Å². The molecule has 5 nitrogen and oxygen atoms in total. The molecule has 0 saturated carbocycles. The number of aliphatic hydroxyl groups is 1. The zero-order chi connectivity index (χ0) is 20.1. The molecule has 0 radical (unpaired) electrons. The van der Waals surface area contributed by atoms with Gasteiger partial charge in [0.25, 0.3) is 0 Å². The highest BCUT2D eigenvalue weighted by atomic mass is 79.9. The second-order valence-corrected chi connectivity index (χ2v) is 10.1. The van der Waals surface area contributed by atoms with Gasteiger partial charge < -0.3 is 9.84 Å². The van der Waals surface area contributed by atoms with Crippen LogP contribution in [0.1, 0.15) is 12.0 Å². The van der Waals surface area contributed by atoms with Crippen molar-refractivity contribution >= 4 is 25.8 Å². The second-order valence-electron chi connectivity index (χ2n) is 7.01. The fraction of sp³-hybridized carbons (Fsp3) is 0.400. The number of nitrogens with zero attached hydrogens (tertiary/aromatic N) is 1. The Hall–Kier alpha value is -1.48. The van der Waals surface area contributed by atoms with E-state index < -0.39 is 15.9 Å². The van der Waals surface area contributed by atoms with Crippen molar-refractivity contribution in [3.05, 3.63) is 64.4 Å². The summed E-state index contributed by atoms with van der Waals surface area (Å²) < 4.78 is 43.8. The first-order valence-corrected chi connectivity index (χ1v) is 11.7. The summed E-state index contributed by atoms with van der Waals surface area (Å²) in [5, 5.41) is 10.5. The molecule has 28 heavy (non-hydrogen) atoms. The van der Waals surface area contributed by atoms with Crippen molar-refractivity contribution in [1.29, 1.82) is 0 Å². The van der Waals surface area contributed by atoms with Gasteiger partial charge >= 0.3 is 0 Å². The van der Waals surface area contributed by atoms with E-state index in [-0.39, 0.29) is 36.5 Å². The lowest BCUT2D eigenvalue weighted by atomic mass is 10.1.